The molecule has 0 radical (unpaired) electrons. The first kappa shape index (κ1) is 17.4. The summed E-state index contributed by atoms with van der Waals surface area (Å²) < 4.78 is 4.94. The molecule has 6 heteroatoms. The molecular weight excluding hydrogens is 342 g/mol. The van der Waals surface area contributed by atoms with Crippen molar-refractivity contribution in [3.63, 3.8) is 0 Å². The van der Waals surface area contributed by atoms with Gasteiger partial charge in [-0.3, -0.25) is 9.69 Å². The number of carbonyl (C=O) groups excluding carboxylic acids is 2. The Morgan fingerprint density at radius 1 is 1.19 bits per heavy atom. The summed E-state index contributed by atoms with van der Waals surface area (Å²) >= 11 is 0. The minimum absolute atomic E-state index is 0.106. The summed E-state index contributed by atoms with van der Waals surface area (Å²) in [4.78, 5) is 27.9. The molecule has 1 fully saturated rings. The Bertz CT molecular complexity index is 850. The van der Waals surface area contributed by atoms with Crippen molar-refractivity contribution >= 4 is 23.4 Å². The number of para-hydroxylation sites is 1. The van der Waals surface area contributed by atoms with Crippen molar-refractivity contribution in [3.8, 4) is 0 Å². The minimum atomic E-state index is -0.341. The standard InChI is InChI=1S/C21H23N3O3/c1-15-14-17-4-2-3-5-19(17)23(15)11-10-22-20(25)16-6-8-18(9-7-16)24-12-13-27-21(24)26/h2-9,15H,10-14H2,1H3,(H,22,25). The predicted molar refractivity (Wildman–Crippen MR) is 104 cm³/mol. The molecule has 0 aromatic heterocycles. The second-order valence-electron chi connectivity index (χ2n) is 6.94. The van der Waals surface area contributed by atoms with Gasteiger partial charge in [-0.15, -0.1) is 0 Å². The van der Waals surface area contributed by atoms with E-state index in [2.05, 4.69) is 41.4 Å². The average Bonchev–Trinajstić information content (AvgIpc) is 3.25. The van der Waals surface area contributed by atoms with E-state index in [1.54, 1.807) is 29.2 Å². The summed E-state index contributed by atoms with van der Waals surface area (Å²) in [7, 11) is 0. The first-order valence-corrected chi connectivity index (χ1v) is 9.30. The van der Waals surface area contributed by atoms with E-state index in [0.29, 0.717) is 31.3 Å². The van der Waals surface area contributed by atoms with Crippen LogP contribution in [0.5, 0.6) is 0 Å². The fourth-order valence-corrected chi connectivity index (χ4v) is 3.78. The van der Waals surface area contributed by atoms with Crippen LogP contribution in [0, 0.1) is 0 Å². The molecule has 1 saturated heterocycles. The molecule has 0 saturated carbocycles. The smallest absolute Gasteiger partial charge is 0.414 e. The van der Waals surface area contributed by atoms with Crippen LogP contribution in [0.15, 0.2) is 48.5 Å². The topological polar surface area (TPSA) is 61.9 Å². The molecule has 2 aromatic rings. The molecule has 0 spiro atoms. The molecule has 27 heavy (non-hydrogen) atoms. The van der Waals surface area contributed by atoms with E-state index in [1.807, 2.05) is 0 Å². The number of carbonyl (C=O) groups is 2. The number of nitrogens with zero attached hydrogens (tertiary/aromatic N) is 2. The van der Waals surface area contributed by atoms with E-state index in [4.69, 9.17) is 4.74 Å². The van der Waals surface area contributed by atoms with Gasteiger partial charge in [-0.25, -0.2) is 4.79 Å². The Balaban J connectivity index is 1.33. The zero-order valence-electron chi connectivity index (χ0n) is 15.4. The van der Waals surface area contributed by atoms with E-state index in [-0.39, 0.29) is 12.0 Å². The van der Waals surface area contributed by atoms with Crippen molar-refractivity contribution in [3.05, 3.63) is 59.7 Å². The lowest BCUT2D eigenvalue weighted by Gasteiger charge is -2.25. The summed E-state index contributed by atoms with van der Waals surface area (Å²) in [5.74, 6) is -0.106. The van der Waals surface area contributed by atoms with Gasteiger partial charge in [0.05, 0.1) is 6.54 Å². The highest BCUT2D eigenvalue weighted by Gasteiger charge is 2.25. The molecule has 0 bridgehead atoms. The number of hydrogen-bond acceptors (Lipinski definition) is 4. The second kappa shape index (κ2) is 7.31. The first-order valence-electron chi connectivity index (χ1n) is 9.30. The fraction of sp³-hybridized carbons (Fsp3) is 0.333. The van der Waals surface area contributed by atoms with Crippen LogP contribution >= 0.6 is 0 Å². The highest BCUT2D eigenvalue weighted by molar-refractivity contribution is 5.95. The van der Waals surface area contributed by atoms with Gasteiger partial charge < -0.3 is 15.0 Å². The number of anilines is 2. The van der Waals surface area contributed by atoms with Crippen LogP contribution in [-0.4, -0.2) is 44.3 Å². The number of rotatable bonds is 5. The van der Waals surface area contributed by atoms with Crippen molar-refractivity contribution in [1.29, 1.82) is 0 Å². The number of ether oxygens (including phenoxy) is 1. The van der Waals surface area contributed by atoms with Crippen LogP contribution < -0.4 is 15.1 Å². The number of hydrogen-bond donors (Lipinski definition) is 1. The third-order valence-electron chi connectivity index (χ3n) is 5.19. The molecule has 2 aliphatic rings. The van der Waals surface area contributed by atoms with E-state index >= 15 is 0 Å². The predicted octanol–water partition coefficient (Wildman–Crippen LogP) is 2.82. The molecule has 2 aliphatic heterocycles. The summed E-state index contributed by atoms with van der Waals surface area (Å²) in [5, 5.41) is 2.99. The third kappa shape index (κ3) is 3.47. The van der Waals surface area contributed by atoms with E-state index in [1.165, 1.54) is 11.3 Å². The van der Waals surface area contributed by atoms with Crippen molar-refractivity contribution in [1.82, 2.24) is 5.32 Å². The van der Waals surface area contributed by atoms with Gasteiger partial charge in [0, 0.05) is 36.1 Å². The largest absolute Gasteiger partial charge is 0.447 e. The fourth-order valence-electron chi connectivity index (χ4n) is 3.78. The maximum absolute atomic E-state index is 12.4. The number of benzene rings is 2. The Hall–Kier alpha value is -3.02. The molecule has 1 atom stereocenters. The van der Waals surface area contributed by atoms with Crippen molar-refractivity contribution in [2.75, 3.05) is 36.0 Å². The molecular formula is C21H23N3O3. The molecule has 1 N–H and O–H groups in total. The van der Waals surface area contributed by atoms with E-state index < -0.39 is 0 Å². The third-order valence-corrected chi connectivity index (χ3v) is 5.19. The summed E-state index contributed by atoms with van der Waals surface area (Å²) in [6.45, 7) is 4.52. The molecule has 4 rings (SSSR count). The van der Waals surface area contributed by atoms with Crippen molar-refractivity contribution < 1.29 is 14.3 Å². The van der Waals surface area contributed by atoms with Gasteiger partial charge in [0.15, 0.2) is 0 Å². The zero-order valence-corrected chi connectivity index (χ0v) is 15.4. The first-order chi connectivity index (χ1) is 13.1. The molecule has 2 heterocycles. The Kier molecular flexibility index (Phi) is 4.71. The van der Waals surface area contributed by atoms with Crippen LogP contribution in [0.1, 0.15) is 22.8 Å². The van der Waals surface area contributed by atoms with Crippen LogP contribution in [0.4, 0.5) is 16.2 Å². The SMILES string of the molecule is CC1Cc2ccccc2N1CCNC(=O)c1ccc(N2CCOC2=O)cc1. The van der Waals surface area contributed by atoms with Crippen LogP contribution in [0.2, 0.25) is 0 Å². The number of fused-ring (bicyclic) bond motifs is 1. The Morgan fingerprint density at radius 2 is 1.96 bits per heavy atom. The maximum atomic E-state index is 12.4. The highest BCUT2D eigenvalue weighted by Crippen LogP contribution is 2.31. The molecule has 6 nitrogen and oxygen atoms in total. The quantitative estimate of drug-likeness (QED) is 0.885. The van der Waals surface area contributed by atoms with Gasteiger partial charge in [0.1, 0.15) is 6.61 Å². The van der Waals surface area contributed by atoms with Gasteiger partial charge in [0.25, 0.3) is 5.91 Å². The lowest BCUT2D eigenvalue weighted by atomic mass is 10.1. The van der Waals surface area contributed by atoms with Gasteiger partial charge in [-0.05, 0) is 49.2 Å². The van der Waals surface area contributed by atoms with Gasteiger partial charge >= 0.3 is 6.09 Å². The number of cyclic esters (lactones) is 1. The molecule has 2 amide bonds. The summed E-state index contributed by atoms with van der Waals surface area (Å²) in [6, 6.07) is 15.9. The Labute approximate surface area is 158 Å². The van der Waals surface area contributed by atoms with Crippen molar-refractivity contribution in [2.45, 2.75) is 19.4 Å². The highest BCUT2D eigenvalue weighted by atomic mass is 16.6. The lowest BCUT2D eigenvalue weighted by molar-refractivity contribution is 0.0954. The van der Waals surface area contributed by atoms with E-state index in [0.717, 1.165) is 18.7 Å². The maximum Gasteiger partial charge on any atom is 0.414 e. The van der Waals surface area contributed by atoms with Gasteiger partial charge in [0.2, 0.25) is 0 Å². The van der Waals surface area contributed by atoms with Gasteiger partial charge in [-0.2, -0.15) is 0 Å². The minimum Gasteiger partial charge on any atom is -0.447 e. The van der Waals surface area contributed by atoms with Gasteiger partial charge in [-0.1, -0.05) is 18.2 Å². The van der Waals surface area contributed by atoms with Crippen molar-refractivity contribution in [2.24, 2.45) is 0 Å². The zero-order chi connectivity index (χ0) is 18.8. The van der Waals surface area contributed by atoms with E-state index in [9.17, 15) is 9.59 Å². The van der Waals surface area contributed by atoms with Crippen LogP contribution in [0.25, 0.3) is 0 Å². The number of nitrogens with one attached hydrogen (secondary N) is 1. The molecule has 1 unspecified atom stereocenters. The molecule has 0 aliphatic carbocycles. The average molecular weight is 365 g/mol. The molecule has 2 aromatic carbocycles. The van der Waals surface area contributed by atoms with Crippen LogP contribution in [-0.2, 0) is 11.2 Å². The number of amides is 2. The molecule has 140 valence electrons. The Morgan fingerprint density at radius 3 is 2.70 bits per heavy atom. The summed E-state index contributed by atoms with van der Waals surface area (Å²) in [6.07, 6.45) is 0.706. The lowest BCUT2D eigenvalue weighted by Crippen LogP contribution is -2.37. The summed E-state index contributed by atoms with van der Waals surface area (Å²) in [5.41, 5.74) is 3.96. The van der Waals surface area contributed by atoms with Crippen LogP contribution in [0.3, 0.4) is 0 Å². The second-order valence-corrected chi connectivity index (χ2v) is 6.94. The monoisotopic (exact) mass is 365 g/mol. The normalized spacial score (nSPS) is 18.4.